The van der Waals surface area contributed by atoms with Gasteiger partial charge in [0.25, 0.3) is 5.91 Å². The van der Waals surface area contributed by atoms with Gasteiger partial charge < -0.3 is 26.4 Å². The van der Waals surface area contributed by atoms with Gasteiger partial charge in [0.05, 0.1) is 5.56 Å². The number of hydrogen-bond donors (Lipinski definition) is 4. The molecule has 2 amide bonds. The second-order valence-electron chi connectivity index (χ2n) is 9.68. The average molecular weight is 553 g/mol. The third-order valence-electron chi connectivity index (χ3n) is 6.68. The molecule has 1 fully saturated rings. The molecule has 208 valence electrons. The Balaban J connectivity index is 1.42. The van der Waals surface area contributed by atoms with Gasteiger partial charge in [-0.15, -0.1) is 0 Å². The van der Waals surface area contributed by atoms with Gasteiger partial charge in [-0.2, -0.15) is 13.2 Å². The van der Waals surface area contributed by atoms with Crippen LogP contribution in [0.25, 0.3) is 17.0 Å². The zero-order valence-electron chi connectivity index (χ0n) is 21.5. The first-order valence-electron chi connectivity index (χ1n) is 12.7. The monoisotopic (exact) mass is 552 g/mol. The van der Waals surface area contributed by atoms with Crippen LogP contribution in [0.15, 0.2) is 54.6 Å². The fourth-order valence-corrected chi connectivity index (χ4v) is 4.62. The molecule has 2 aliphatic rings. The van der Waals surface area contributed by atoms with E-state index in [2.05, 4.69) is 25.9 Å². The predicted octanol–water partition coefficient (Wildman–Crippen LogP) is 4.12. The van der Waals surface area contributed by atoms with Crippen molar-refractivity contribution in [2.24, 2.45) is 5.73 Å². The summed E-state index contributed by atoms with van der Waals surface area (Å²) in [6, 6.07) is 11.1. The molecule has 2 aromatic carbocycles. The van der Waals surface area contributed by atoms with Crippen LogP contribution in [0.3, 0.4) is 0 Å². The SMILES string of the molecule is CC1CC(c2cc(C(F)(F)F)ccc2Oc2ccc(-c3nc(N[C@H]4CCNC4=O)cc(C(N)=O)n3)cc2)=CCN1. The highest BCUT2D eigenvalue weighted by molar-refractivity contribution is 5.92. The summed E-state index contributed by atoms with van der Waals surface area (Å²) < 4.78 is 46.5. The van der Waals surface area contributed by atoms with Gasteiger partial charge in [0.1, 0.15) is 29.1 Å². The molecule has 12 heteroatoms. The minimum atomic E-state index is -4.48. The molecule has 0 radical (unpaired) electrons. The molecule has 0 bridgehead atoms. The van der Waals surface area contributed by atoms with E-state index in [0.717, 1.165) is 17.7 Å². The molecule has 2 aliphatic heterocycles. The van der Waals surface area contributed by atoms with Crippen LogP contribution in [-0.4, -0.2) is 47.0 Å². The van der Waals surface area contributed by atoms with Crippen LogP contribution in [0.1, 0.15) is 41.4 Å². The Morgan fingerprint density at radius 1 is 1.12 bits per heavy atom. The molecular weight excluding hydrogens is 525 g/mol. The van der Waals surface area contributed by atoms with Gasteiger partial charge in [0.2, 0.25) is 5.91 Å². The van der Waals surface area contributed by atoms with Gasteiger partial charge in [0.15, 0.2) is 5.82 Å². The zero-order valence-corrected chi connectivity index (χ0v) is 21.5. The Hall–Kier alpha value is -4.45. The standard InChI is InChI=1S/C28H27F3N6O3/c1-15-12-17(8-10-33-15)20-13-18(28(29,30)31)4-7-23(20)40-19-5-2-16(3-6-19)26-36-22(25(32)38)14-24(37-26)35-21-9-11-34-27(21)39/h2-8,13-15,21,33H,9-12H2,1H3,(H2,32,38)(H,34,39)(H,35,36,37)/t15?,21-/m0/s1. The number of anilines is 1. The Morgan fingerprint density at radius 2 is 1.90 bits per heavy atom. The normalized spacial score (nSPS) is 19.1. The summed E-state index contributed by atoms with van der Waals surface area (Å²) in [6.45, 7) is 3.05. The van der Waals surface area contributed by atoms with Crippen LogP contribution in [0.2, 0.25) is 0 Å². The lowest BCUT2D eigenvalue weighted by atomic mass is 9.94. The highest BCUT2D eigenvalue weighted by Gasteiger charge is 2.32. The van der Waals surface area contributed by atoms with Gasteiger partial charge in [-0.05, 0) is 67.8 Å². The van der Waals surface area contributed by atoms with Crippen LogP contribution >= 0.6 is 0 Å². The maximum absolute atomic E-state index is 13.5. The number of nitrogens with two attached hydrogens (primary N) is 1. The smallest absolute Gasteiger partial charge is 0.416 e. The second-order valence-corrected chi connectivity index (χ2v) is 9.68. The molecule has 5 N–H and O–H groups in total. The van der Waals surface area contributed by atoms with Gasteiger partial charge in [-0.3, -0.25) is 9.59 Å². The Bertz CT molecular complexity index is 1470. The maximum atomic E-state index is 13.5. The van der Waals surface area contributed by atoms with Crippen molar-refractivity contribution in [2.75, 3.05) is 18.4 Å². The summed E-state index contributed by atoms with van der Waals surface area (Å²) >= 11 is 0. The maximum Gasteiger partial charge on any atom is 0.416 e. The molecule has 3 heterocycles. The number of benzene rings is 2. The Labute approximate surface area is 228 Å². The molecule has 5 rings (SSSR count). The van der Waals surface area contributed by atoms with Crippen LogP contribution in [0.5, 0.6) is 11.5 Å². The number of nitrogens with one attached hydrogen (secondary N) is 3. The van der Waals surface area contributed by atoms with Crippen molar-refractivity contribution in [3.05, 3.63) is 71.4 Å². The summed E-state index contributed by atoms with van der Waals surface area (Å²) in [5.41, 5.74) is 6.39. The number of aromatic nitrogens is 2. The van der Waals surface area contributed by atoms with E-state index >= 15 is 0 Å². The first-order chi connectivity index (χ1) is 19.1. The number of carbonyl (C=O) groups is 2. The Kier molecular flexibility index (Phi) is 7.44. The van der Waals surface area contributed by atoms with Gasteiger partial charge in [-0.1, -0.05) is 6.08 Å². The van der Waals surface area contributed by atoms with Crippen molar-refractivity contribution < 1.29 is 27.5 Å². The van der Waals surface area contributed by atoms with E-state index in [1.165, 1.54) is 12.1 Å². The van der Waals surface area contributed by atoms with E-state index in [4.69, 9.17) is 10.5 Å². The summed E-state index contributed by atoms with van der Waals surface area (Å²) in [4.78, 5) is 32.5. The van der Waals surface area contributed by atoms with Crippen molar-refractivity contribution in [1.29, 1.82) is 0 Å². The molecule has 1 aromatic heterocycles. The molecule has 0 aliphatic carbocycles. The van der Waals surface area contributed by atoms with Gasteiger partial charge in [0, 0.05) is 36.3 Å². The van der Waals surface area contributed by atoms with Crippen molar-refractivity contribution in [3.8, 4) is 22.9 Å². The number of alkyl halides is 3. The number of carbonyl (C=O) groups excluding carboxylic acids is 2. The molecule has 9 nitrogen and oxygen atoms in total. The van der Waals surface area contributed by atoms with Crippen molar-refractivity contribution >= 4 is 23.2 Å². The molecule has 3 aromatic rings. The van der Waals surface area contributed by atoms with Crippen molar-refractivity contribution in [1.82, 2.24) is 20.6 Å². The second kappa shape index (κ2) is 11.0. The number of nitrogens with zero attached hydrogens (tertiary/aromatic N) is 2. The minimum Gasteiger partial charge on any atom is -0.457 e. The summed E-state index contributed by atoms with van der Waals surface area (Å²) in [7, 11) is 0. The topological polar surface area (TPSA) is 131 Å². The number of primary amides is 1. The fraction of sp³-hybridized carbons (Fsp3) is 0.286. The molecule has 1 saturated heterocycles. The van der Waals surface area contributed by atoms with Crippen LogP contribution < -0.4 is 26.4 Å². The van der Waals surface area contributed by atoms with Crippen molar-refractivity contribution in [2.45, 2.75) is 38.0 Å². The highest BCUT2D eigenvalue weighted by atomic mass is 19.4. The molecule has 0 saturated carbocycles. The highest BCUT2D eigenvalue weighted by Crippen LogP contribution is 2.39. The van der Waals surface area contributed by atoms with Crippen LogP contribution in [-0.2, 0) is 11.0 Å². The van der Waals surface area contributed by atoms with E-state index in [-0.39, 0.29) is 29.3 Å². The predicted molar refractivity (Wildman–Crippen MR) is 143 cm³/mol. The third kappa shape index (κ3) is 6.07. The number of rotatable bonds is 7. The number of hydrogen-bond acceptors (Lipinski definition) is 7. The van der Waals surface area contributed by atoms with Crippen LogP contribution in [0.4, 0.5) is 19.0 Å². The fourth-order valence-electron chi connectivity index (χ4n) is 4.62. The molecule has 0 spiro atoms. The summed E-state index contributed by atoms with van der Waals surface area (Å²) in [5, 5.41) is 8.98. The van der Waals surface area contributed by atoms with Crippen LogP contribution in [0, 0.1) is 0 Å². The lowest BCUT2D eigenvalue weighted by molar-refractivity contribution is -0.137. The van der Waals surface area contributed by atoms with E-state index in [0.29, 0.717) is 48.6 Å². The first-order valence-corrected chi connectivity index (χ1v) is 12.7. The third-order valence-corrected chi connectivity index (χ3v) is 6.68. The molecule has 40 heavy (non-hydrogen) atoms. The quantitative estimate of drug-likeness (QED) is 0.347. The number of ether oxygens (including phenoxy) is 1. The largest absolute Gasteiger partial charge is 0.457 e. The lowest BCUT2D eigenvalue weighted by Crippen LogP contribution is -2.30. The summed E-state index contributed by atoms with van der Waals surface area (Å²) in [6.07, 6.45) is -1.49. The number of amides is 2. The molecule has 1 unspecified atom stereocenters. The van der Waals surface area contributed by atoms with E-state index < -0.39 is 23.7 Å². The average Bonchev–Trinajstić information content (AvgIpc) is 3.32. The van der Waals surface area contributed by atoms with Gasteiger partial charge in [-0.25, -0.2) is 9.97 Å². The molecule has 2 atom stereocenters. The van der Waals surface area contributed by atoms with Crippen molar-refractivity contribution in [3.63, 3.8) is 0 Å². The van der Waals surface area contributed by atoms with E-state index in [1.807, 2.05) is 13.0 Å². The Morgan fingerprint density at radius 3 is 2.55 bits per heavy atom. The first kappa shape index (κ1) is 27.1. The zero-order chi connectivity index (χ0) is 28.4. The van der Waals surface area contributed by atoms with E-state index in [1.54, 1.807) is 24.3 Å². The van der Waals surface area contributed by atoms with Gasteiger partial charge >= 0.3 is 6.18 Å². The molecular formula is C28H27F3N6O3. The lowest BCUT2D eigenvalue weighted by Gasteiger charge is -2.23. The minimum absolute atomic E-state index is 0.0231. The van der Waals surface area contributed by atoms with E-state index in [9.17, 15) is 22.8 Å². The summed E-state index contributed by atoms with van der Waals surface area (Å²) in [5.74, 6) is 0.250. The number of halogens is 3.